The summed E-state index contributed by atoms with van der Waals surface area (Å²) >= 11 is 0. The quantitative estimate of drug-likeness (QED) is 0.565. The molecule has 126 valence electrons. The van der Waals surface area contributed by atoms with Crippen molar-refractivity contribution >= 4 is 13.9 Å². The van der Waals surface area contributed by atoms with Gasteiger partial charge in [-0.2, -0.15) is 0 Å². The summed E-state index contributed by atoms with van der Waals surface area (Å²) in [6.07, 6.45) is 0.143. The second-order valence-corrected chi connectivity index (χ2v) is 7.98. The monoisotopic (exact) mass is 325 g/mol. The molecule has 0 atom stereocenters. The second kappa shape index (κ2) is 8.13. The van der Waals surface area contributed by atoms with E-state index in [1.807, 2.05) is 6.92 Å². The number of carbonyl (C=O) groups is 1. The van der Waals surface area contributed by atoms with Gasteiger partial charge in [-0.25, -0.2) is 13.9 Å². The van der Waals surface area contributed by atoms with Crippen LogP contribution in [0.4, 0.5) is 4.79 Å². The molecule has 0 aliphatic heterocycles. The van der Waals surface area contributed by atoms with Crippen LogP contribution in [0.3, 0.4) is 0 Å². The maximum absolute atomic E-state index is 12.6. The minimum absolute atomic E-state index is 0.494. The Morgan fingerprint density at radius 2 is 1.52 bits per heavy atom. The van der Waals surface area contributed by atoms with Crippen molar-refractivity contribution in [2.75, 3.05) is 13.3 Å². The summed E-state index contributed by atoms with van der Waals surface area (Å²) in [4.78, 5) is 11.3. The number of ether oxygens (including phenoxy) is 1. The molecule has 0 saturated heterocycles. The van der Waals surface area contributed by atoms with Crippen molar-refractivity contribution < 1.29 is 27.7 Å². The van der Waals surface area contributed by atoms with E-state index in [2.05, 4.69) is 5.32 Å². The zero-order valence-corrected chi connectivity index (χ0v) is 14.9. The molecule has 0 radical (unpaired) electrons. The molecule has 21 heavy (non-hydrogen) atoms. The van der Waals surface area contributed by atoms with Crippen molar-refractivity contribution in [2.24, 2.45) is 0 Å². The van der Waals surface area contributed by atoms with Gasteiger partial charge in [0.05, 0.1) is 11.2 Å². The predicted octanol–water partition coefficient (Wildman–Crippen LogP) is 3.84. The van der Waals surface area contributed by atoms with E-state index in [1.54, 1.807) is 41.5 Å². The zero-order valence-electron chi connectivity index (χ0n) is 14.0. The van der Waals surface area contributed by atoms with E-state index in [-0.39, 0.29) is 0 Å². The lowest BCUT2D eigenvalue weighted by Crippen LogP contribution is -2.27. The smallest absolute Gasteiger partial charge is 0.422 e. The zero-order chi connectivity index (χ0) is 16.7. The van der Waals surface area contributed by atoms with Crippen LogP contribution in [-0.4, -0.2) is 30.6 Å². The number of phosphoric acid groups is 1. The van der Waals surface area contributed by atoms with Crippen molar-refractivity contribution in [3.05, 3.63) is 0 Å². The predicted molar refractivity (Wildman–Crippen MR) is 80.0 cm³/mol. The molecule has 0 heterocycles. The summed E-state index contributed by atoms with van der Waals surface area (Å²) in [5.74, 6) is 0. The largest absolute Gasteiger partial charge is 0.478 e. The van der Waals surface area contributed by atoms with Gasteiger partial charge in [-0.1, -0.05) is 6.92 Å². The number of hydrogen-bond donors (Lipinski definition) is 1. The van der Waals surface area contributed by atoms with Crippen LogP contribution < -0.4 is 5.32 Å². The number of nitrogens with one attached hydrogen (secondary N) is 1. The Bertz CT molecular complexity index is 352. The third-order valence-electron chi connectivity index (χ3n) is 1.69. The third-order valence-corrected chi connectivity index (χ3v) is 3.66. The Morgan fingerprint density at radius 1 is 1.05 bits per heavy atom. The maximum Gasteiger partial charge on any atom is 0.478 e. The first-order valence-electron chi connectivity index (χ1n) is 6.93. The van der Waals surface area contributed by atoms with E-state index in [4.69, 9.17) is 18.3 Å². The molecular weight excluding hydrogens is 297 g/mol. The van der Waals surface area contributed by atoms with Crippen LogP contribution in [0.25, 0.3) is 0 Å². The Balaban J connectivity index is 4.56. The summed E-state index contributed by atoms with van der Waals surface area (Å²) in [5, 5.41) is 2.50. The van der Waals surface area contributed by atoms with E-state index in [0.717, 1.165) is 6.42 Å². The average Bonchev–Trinajstić information content (AvgIpc) is 2.20. The van der Waals surface area contributed by atoms with Crippen molar-refractivity contribution in [2.45, 2.75) is 66.1 Å². The molecule has 0 unspecified atom stereocenters. The number of phosphoric ester groups is 1. The van der Waals surface area contributed by atoms with E-state index in [0.29, 0.717) is 6.54 Å². The second-order valence-electron chi connectivity index (χ2n) is 6.46. The van der Waals surface area contributed by atoms with Gasteiger partial charge < -0.3 is 10.1 Å². The van der Waals surface area contributed by atoms with Crippen molar-refractivity contribution in [3.8, 4) is 0 Å². The standard InChI is InChI=1S/C13H28NO6P/c1-8-9-14-11(15)17-10-18-21(16,19-12(2,3)4)20-13(5,6)7/h8-10H2,1-7H3,(H,14,15). The Hall–Kier alpha value is -0.620. The summed E-state index contributed by atoms with van der Waals surface area (Å²) in [6.45, 7) is 12.3. The summed E-state index contributed by atoms with van der Waals surface area (Å²) < 4.78 is 33.1. The first kappa shape index (κ1) is 20.4. The van der Waals surface area contributed by atoms with Crippen molar-refractivity contribution in [1.29, 1.82) is 0 Å². The van der Waals surface area contributed by atoms with Gasteiger partial charge in [-0.3, -0.25) is 9.05 Å². The minimum Gasteiger partial charge on any atom is -0.422 e. The lowest BCUT2D eigenvalue weighted by Gasteiger charge is -2.30. The van der Waals surface area contributed by atoms with Gasteiger partial charge >= 0.3 is 13.9 Å². The molecule has 0 aromatic rings. The molecule has 1 N–H and O–H groups in total. The Kier molecular flexibility index (Phi) is 7.89. The van der Waals surface area contributed by atoms with E-state index in [1.165, 1.54) is 0 Å². The molecule has 8 heteroatoms. The highest BCUT2D eigenvalue weighted by molar-refractivity contribution is 7.48. The molecule has 1 amide bonds. The fourth-order valence-electron chi connectivity index (χ4n) is 1.16. The molecule has 0 bridgehead atoms. The molecule has 0 aliphatic carbocycles. The Labute approximate surface area is 127 Å². The summed E-state index contributed by atoms with van der Waals surface area (Å²) in [5.41, 5.74) is -1.46. The normalized spacial score (nSPS) is 13.1. The minimum atomic E-state index is -3.85. The highest BCUT2D eigenvalue weighted by Crippen LogP contribution is 2.55. The first-order chi connectivity index (χ1) is 9.37. The van der Waals surface area contributed by atoms with Gasteiger partial charge in [0, 0.05) is 6.54 Å². The number of alkyl carbamates (subject to hydrolysis) is 1. The number of carbonyl (C=O) groups excluding carboxylic acids is 1. The molecule has 0 spiro atoms. The van der Waals surface area contributed by atoms with Gasteiger partial charge in [0.2, 0.25) is 6.79 Å². The summed E-state index contributed by atoms with van der Waals surface area (Å²) in [7, 11) is -3.85. The molecular formula is C13H28NO6P. The topological polar surface area (TPSA) is 83.1 Å². The maximum atomic E-state index is 12.6. The molecule has 0 fully saturated rings. The fourth-order valence-corrected chi connectivity index (χ4v) is 2.83. The molecule has 0 aliphatic rings. The molecule has 0 rings (SSSR count). The van der Waals surface area contributed by atoms with Crippen LogP contribution in [0.15, 0.2) is 0 Å². The lowest BCUT2D eigenvalue weighted by atomic mass is 10.2. The van der Waals surface area contributed by atoms with Gasteiger partial charge in [0.1, 0.15) is 0 Å². The van der Waals surface area contributed by atoms with Crippen LogP contribution >= 0.6 is 7.82 Å². The van der Waals surface area contributed by atoms with E-state index in [9.17, 15) is 9.36 Å². The SMILES string of the molecule is CCCNC(=O)OCOP(=O)(OC(C)(C)C)OC(C)(C)C. The highest BCUT2D eigenvalue weighted by Gasteiger charge is 2.37. The summed E-state index contributed by atoms with van der Waals surface area (Å²) in [6, 6.07) is 0. The number of rotatable bonds is 7. The van der Waals surface area contributed by atoms with Crippen LogP contribution in [0.1, 0.15) is 54.9 Å². The van der Waals surface area contributed by atoms with E-state index >= 15 is 0 Å². The van der Waals surface area contributed by atoms with Crippen molar-refractivity contribution in [3.63, 3.8) is 0 Å². The van der Waals surface area contributed by atoms with Crippen LogP contribution in [0.2, 0.25) is 0 Å². The molecule has 0 saturated carbocycles. The highest BCUT2D eigenvalue weighted by atomic mass is 31.2. The van der Waals surface area contributed by atoms with E-state index < -0.39 is 31.9 Å². The van der Waals surface area contributed by atoms with Gasteiger partial charge in [0.25, 0.3) is 0 Å². The first-order valence-corrected chi connectivity index (χ1v) is 8.40. The van der Waals surface area contributed by atoms with Gasteiger partial charge in [-0.05, 0) is 48.0 Å². The van der Waals surface area contributed by atoms with Gasteiger partial charge in [0.15, 0.2) is 0 Å². The van der Waals surface area contributed by atoms with Crippen LogP contribution in [0, 0.1) is 0 Å². The van der Waals surface area contributed by atoms with Crippen LogP contribution in [-0.2, 0) is 22.9 Å². The number of hydrogen-bond acceptors (Lipinski definition) is 6. The molecule has 7 nitrogen and oxygen atoms in total. The molecule has 0 aromatic heterocycles. The van der Waals surface area contributed by atoms with Crippen molar-refractivity contribution in [1.82, 2.24) is 5.32 Å². The average molecular weight is 325 g/mol. The number of amides is 1. The Morgan fingerprint density at radius 3 is 1.90 bits per heavy atom. The third kappa shape index (κ3) is 11.7. The fraction of sp³-hybridized carbons (Fsp3) is 0.923. The molecule has 0 aromatic carbocycles. The lowest BCUT2D eigenvalue weighted by molar-refractivity contribution is -0.0285. The van der Waals surface area contributed by atoms with Crippen LogP contribution in [0.5, 0.6) is 0 Å². The van der Waals surface area contributed by atoms with Gasteiger partial charge in [-0.15, -0.1) is 0 Å².